The number of fused-ring (bicyclic) bond motifs is 1. The third kappa shape index (κ3) is 7.39. The van der Waals surface area contributed by atoms with Gasteiger partial charge in [0.25, 0.3) is 0 Å². The molecule has 3 aromatic rings. The lowest BCUT2D eigenvalue weighted by atomic mass is 9.94. The molecule has 0 aliphatic carbocycles. The predicted octanol–water partition coefficient (Wildman–Crippen LogP) is 4.61. The number of amidine groups is 1. The lowest BCUT2D eigenvalue weighted by molar-refractivity contribution is -0.139. The van der Waals surface area contributed by atoms with E-state index < -0.39 is 23.8 Å². The van der Waals surface area contributed by atoms with Crippen molar-refractivity contribution < 1.29 is 33.4 Å². The summed E-state index contributed by atoms with van der Waals surface area (Å²) in [4.78, 5) is 53.6. The topological polar surface area (TPSA) is 137 Å². The van der Waals surface area contributed by atoms with Crippen LogP contribution in [0.25, 0.3) is 0 Å². The Morgan fingerprint density at radius 1 is 1.18 bits per heavy atom. The Morgan fingerprint density at radius 3 is 2.65 bits per heavy atom. The van der Waals surface area contributed by atoms with E-state index in [4.69, 9.17) is 19.6 Å². The van der Waals surface area contributed by atoms with Gasteiger partial charge in [-0.15, -0.1) is 11.3 Å². The molecule has 49 heavy (non-hydrogen) atoms. The van der Waals surface area contributed by atoms with Crippen molar-refractivity contribution in [1.82, 2.24) is 20.1 Å². The summed E-state index contributed by atoms with van der Waals surface area (Å²) < 4.78 is 25.9. The highest BCUT2D eigenvalue weighted by atomic mass is 79.9. The maximum absolute atomic E-state index is 14.2. The van der Waals surface area contributed by atoms with Crippen molar-refractivity contribution in [2.45, 2.75) is 37.9 Å². The molecule has 0 saturated carbocycles. The second-order valence-electron chi connectivity index (χ2n) is 11.8. The number of hydrogen-bond acceptors (Lipinski definition) is 10. The van der Waals surface area contributed by atoms with Gasteiger partial charge in [-0.1, -0.05) is 34.1 Å². The van der Waals surface area contributed by atoms with Crippen LogP contribution in [0.15, 0.2) is 74.8 Å². The van der Waals surface area contributed by atoms with Crippen LogP contribution in [0.2, 0.25) is 0 Å². The molecule has 3 aliphatic heterocycles. The molecule has 3 atom stereocenters. The summed E-state index contributed by atoms with van der Waals surface area (Å²) in [6.07, 6.45) is 2.13. The molecule has 2 aromatic carbocycles. The number of hydrogen-bond donors (Lipinski definition) is 2. The zero-order valence-electron chi connectivity index (χ0n) is 27.0. The Balaban J connectivity index is 1.32. The fraction of sp³-hybridized carbons (Fsp3) is 0.382. The van der Waals surface area contributed by atoms with E-state index >= 15 is 0 Å². The van der Waals surface area contributed by atoms with E-state index in [0.29, 0.717) is 71.4 Å². The van der Waals surface area contributed by atoms with Crippen molar-refractivity contribution in [2.75, 3.05) is 51.4 Å². The summed E-state index contributed by atoms with van der Waals surface area (Å²) in [5.41, 5.74) is 3.10. The second kappa shape index (κ2) is 15.2. The number of ether oxygens (including phenoxy) is 2. The Bertz CT molecular complexity index is 1770. The molecule has 0 bridgehead atoms. The number of nitrogens with zero attached hydrogens (tertiary/aromatic N) is 5. The molecule has 2 amide bonds. The van der Waals surface area contributed by atoms with Gasteiger partial charge < -0.3 is 24.8 Å². The number of aliphatic imine (C=N–C) groups is 1. The van der Waals surface area contributed by atoms with Gasteiger partial charge in [-0.05, 0) is 48.7 Å². The molecule has 258 valence electrons. The number of esters is 1. The van der Waals surface area contributed by atoms with E-state index in [9.17, 15) is 18.8 Å². The van der Waals surface area contributed by atoms with Crippen molar-refractivity contribution in [3.05, 3.63) is 91.7 Å². The maximum atomic E-state index is 14.2. The fourth-order valence-electron chi connectivity index (χ4n) is 6.56. The normalized spacial score (nSPS) is 21.0. The second-order valence-corrected chi connectivity index (χ2v) is 13.6. The first-order valence-corrected chi connectivity index (χ1v) is 17.6. The van der Waals surface area contributed by atoms with Crippen LogP contribution in [0.1, 0.15) is 35.5 Å². The number of halogens is 2. The number of benzene rings is 2. The van der Waals surface area contributed by atoms with Crippen molar-refractivity contribution in [1.29, 1.82) is 0 Å². The zero-order valence-corrected chi connectivity index (χ0v) is 29.4. The average molecular weight is 756 g/mol. The quantitative estimate of drug-likeness (QED) is 0.254. The first-order chi connectivity index (χ1) is 23.7. The zero-order chi connectivity index (χ0) is 34.7. The molecule has 3 aliphatic rings. The van der Waals surface area contributed by atoms with E-state index in [1.54, 1.807) is 31.2 Å². The first kappa shape index (κ1) is 34.7. The van der Waals surface area contributed by atoms with Gasteiger partial charge in [-0.25, -0.2) is 19.0 Å². The van der Waals surface area contributed by atoms with Crippen LogP contribution in [0.4, 0.5) is 14.9 Å². The Kier molecular flexibility index (Phi) is 10.7. The number of anilines is 1. The minimum absolute atomic E-state index is 0.0364. The van der Waals surface area contributed by atoms with E-state index in [0.717, 1.165) is 11.3 Å². The van der Waals surface area contributed by atoms with E-state index in [1.807, 2.05) is 34.5 Å². The summed E-state index contributed by atoms with van der Waals surface area (Å²) in [6.45, 7) is 3.90. The number of nitrogens with one attached hydrogen (secondary N) is 1. The largest absolute Gasteiger partial charge is 0.481 e. The SMILES string of the molecule is CCOC(=O)C1=C(CN2CCN3C(=O)N(c4ccc(CCC(=O)O)cc4)C[C@@H]3[C@H]2COC)NC(c2nccs2)=N[C@H]1c1ccc(F)cc1Br. The molecule has 2 N–H and O–H groups in total. The summed E-state index contributed by atoms with van der Waals surface area (Å²) in [5.74, 6) is -1.34. The number of aryl methyl sites for hydroxylation is 1. The highest BCUT2D eigenvalue weighted by Crippen LogP contribution is 2.38. The number of urea groups is 1. The molecular weight excluding hydrogens is 719 g/mol. The number of carbonyl (C=O) groups excluding carboxylic acids is 2. The molecule has 4 heterocycles. The Labute approximate surface area is 295 Å². The summed E-state index contributed by atoms with van der Waals surface area (Å²) in [7, 11) is 1.62. The number of thiazole rings is 1. The van der Waals surface area contributed by atoms with Crippen molar-refractivity contribution in [3.8, 4) is 0 Å². The van der Waals surface area contributed by atoms with Crippen LogP contribution in [0.3, 0.4) is 0 Å². The van der Waals surface area contributed by atoms with E-state index in [1.165, 1.54) is 23.5 Å². The number of aliphatic carboxylic acids is 1. The number of amides is 2. The van der Waals surface area contributed by atoms with Crippen LogP contribution >= 0.6 is 27.3 Å². The molecule has 6 rings (SSSR count). The van der Waals surface area contributed by atoms with Crippen LogP contribution < -0.4 is 10.2 Å². The summed E-state index contributed by atoms with van der Waals surface area (Å²) in [5, 5.41) is 14.9. The standard InChI is InChI=1S/C34H36BrFN6O6S/c1-3-48-33(45)29-25(38-31(32-37-12-15-49-32)39-30(29)23-10-7-21(36)16-24(23)35)17-40-13-14-41-26(27(40)19-47-2)18-42(34(41)46)22-8-4-20(5-9-22)6-11-28(43)44/h4-5,7-10,12,15-16,26-27,30H,3,6,11,13-14,17-19H2,1-2H3,(H,38,39)(H,43,44)/t26-,27-,30+/m1/s1. The average Bonchev–Trinajstić information content (AvgIpc) is 3.74. The van der Waals surface area contributed by atoms with Gasteiger partial charge in [0, 0.05) is 67.1 Å². The lowest BCUT2D eigenvalue weighted by Crippen LogP contribution is -2.61. The van der Waals surface area contributed by atoms with Gasteiger partial charge in [0.05, 0.1) is 30.9 Å². The third-order valence-corrected chi connectivity index (χ3v) is 10.3. The highest BCUT2D eigenvalue weighted by Gasteiger charge is 2.47. The van der Waals surface area contributed by atoms with Crippen LogP contribution in [0.5, 0.6) is 0 Å². The van der Waals surface area contributed by atoms with Crippen molar-refractivity contribution in [2.24, 2.45) is 4.99 Å². The van der Waals surface area contributed by atoms with Gasteiger partial charge in [0.1, 0.15) is 11.9 Å². The fourth-order valence-corrected chi connectivity index (χ4v) is 7.72. The molecule has 15 heteroatoms. The molecule has 12 nitrogen and oxygen atoms in total. The number of methoxy groups -OCH3 is 1. The van der Waals surface area contributed by atoms with Crippen LogP contribution in [-0.2, 0) is 25.5 Å². The lowest BCUT2D eigenvalue weighted by Gasteiger charge is -2.44. The molecule has 2 fully saturated rings. The van der Waals surface area contributed by atoms with Gasteiger partial charge in [0.15, 0.2) is 10.8 Å². The predicted molar refractivity (Wildman–Crippen MR) is 185 cm³/mol. The maximum Gasteiger partial charge on any atom is 0.338 e. The Hall–Kier alpha value is -4.18. The van der Waals surface area contributed by atoms with Crippen LogP contribution in [0, 0.1) is 5.82 Å². The number of piperazine rings is 1. The van der Waals surface area contributed by atoms with Crippen molar-refractivity contribution >= 4 is 56.8 Å². The smallest absolute Gasteiger partial charge is 0.338 e. The Morgan fingerprint density at radius 2 is 1.98 bits per heavy atom. The number of aromatic nitrogens is 1. The third-order valence-electron chi connectivity index (χ3n) is 8.88. The number of carbonyl (C=O) groups is 3. The summed E-state index contributed by atoms with van der Waals surface area (Å²) in [6, 6.07) is 10.4. The monoisotopic (exact) mass is 754 g/mol. The van der Waals surface area contributed by atoms with Crippen LogP contribution in [-0.4, -0.2) is 102 Å². The van der Waals surface area contributed by atoms with Gasteiger partial charge in [-0.3, -0.25) is 19.6 Å². The first-order valence-electron chi connectivity index (χ1n) is 15.9. The number of carboxylic acid groups (broad SMARTS) is 1. The van der Waals surface area contributed by atoms with E-state index in [2.05, 4.69) is 31.1 Å². The van der Waals surface area contributed by atoms with Gasteiger partial charge >= 0.3 is 18.0 Å². The minimum atomic E-state index is -0.858. The molecule has 1 aromatic heterocycles. The summed E-state index contributed by atoms with van der Waals surface area (Å²) >= 11 is 4.89. The molecule has 0 unspecified atom stereocenters. The highest BCUT2D eigenvalue weighted by molar-refractivity contribution is 9.10. The molecule has 0 spiro atoms. The van der Waals surface area contributed by atoms with Crippen molar-refractivity contribution in [3.63, 3.8) is 0 Å². The molecule has 2 saturated heterocycles. The number of rotatable bonds is 12. The van der Waals surface area contributed by atoms with E-state index in [-0.39, 0.29) is 31.1 Å². The minimum Gasteiger partial charge on any atom is -0.481 e. The van der Waals surface area contributed by atoms with Gasteiger partial charge in [0.2, 0.25) is 0 Å². The van der Waals surface area contributed by atoms with Gasteiger partial charge in [-0.2, -0.15) is 0 Å². The molecule has 0 radical (unpaired) electrons. The molecular formula is C34H36BrFN6O6S. The number of carboxylic acids is 1.